The van der Waals surface area contributed by atoms with Crippen LogP contribution in [-0.4, -0.2) is 24.5 Å². The number of sulfonamides is 1. The molecule has 0 aliphatic heterocycles. The fraction of sp³-hybridized carbons (Fsp3) is 0. The first-order valence-corrected chi connectivity index (χ1v) is 7.91. The number of anilines is 1. The molecule has 0 saturated carbocycles. The zero-order valence-corrected chi connectivity index (χ0v) is 13.1. The minimum absolute atomic E-state index is 0.0316. The van der Waals surface area contributed by atoms with Gasteiger partial charge in [0.2, 0.25) is 0 Å². The number of carboxylic acid groups (broad SMARTS) is 1. The van der Waals surface area contributed by atoms with Gasteiger partial charge in [-0.15, -0.1) is 0 Å². The van der Waals surface area contributed by atoms with Crippen LogP contribution in [0.3, 0.4) is 0 Å². The van der Waals surface area contributed by atoms with Crippen LogP contribution in [0.25, 0.3) is 0 Å². The molecule has 0 fully saturated rings. The zero-order chi connectivity index (χ0) is 15.8. The Kier molecular flexibility index (Phi) is 4.38. The third-order valence-corrected chi connectivity index (χ3v) is 4.83. The minimum Gasteiger partial charge on any atom is -0.477 e. The number of hydrogen-bond acceptors (Lipinski definition) is 3. The lowest BCUT2D eigenvalue weighted by atomic mass is 10.3. The number of halogens is 3. The van der Waals surface area contributed by atoms with Gasteiger partial charge in [-0.1, -0.05) is 34.8 Å². The first-order valence-electron chi connectivity index (χ1n) is 5.30. The number of aromatic nitrogens is 1. The summed E-state index contributed by atoms with van der Waals surface area (Å²) < 4.78 is 26.5. The molecule has 0 radical (unpaired) electrons. The first kappa shape index (κ1) is 16.0. The second-order valence-corrected chi connectivity index (χ2v) is 6.81. The number of aromatic carboxylic acids is 1. The summed E-state index contributed by atoms with van der Waals surface area (Å²) in [7, 11) is -4.01. The van der Waals surface area contributed by atoms with E-state index in [0.29, 0.717) is 0 Å². The largest absolute Gasteiger partial charge is 0.477 e. The number of carboxylic acids is 1. The van der Waals surface area contributed by atoms with Gasteiger partial charge in [-0.25, -0.2) is 13.2 Å². The lowest BCUT2D eigenvalue weighted by molar-refractivity contribution is 0.0691. The molecule has 0 aliphatic rings. The quantitative estimate of drug-likeness (QED) is 0.718. The molecule has 21 heavy (non-hydrogen) atoms. The van der Waals surface area contributed by atoms with E-state index in [-0.39, 0.29) is 31.3 Å². The minimum atomic E-state index is -4.01. The van der Waals surface area contributed by atoms with Gasteiger partial charge >= 0.3 is 5.97 Å². The molecule has 0 spiro atoms. The molecule has 3 N–H and O–H groups in total. The van der Waals surface area contributed by atoms with E-state index in [4.69, 9.17) is 39.9 Å². The molecular weight excluding hydrogens is 363 g/mol. The summed E-state index contributed by atoms with van der Waals surface area (Å²) in [5.41, 5.74) is -0.222. The Morgan fingerprint density at radius 1 is 1.10 bits per heavy atom. The molecule has 0 unspecified atom stereocenters. The van der Waals surface area contributed by atoms with Crippen LogP contribution < -0.4 is 4.72 Å². The summed E-state index contributed by atoms with van der Waals surface area (Å²) >= 11 is 17.4. The highest BCUT2D eigenvalue weighted by molar-refractivity contribution is 7.92. The SMILES string of the molecule is O=C(O)c1cc(S(=O)(=O)Nc2cc(Cl)c(Cl)cc2Cl)c[nH]1. The van der Waals surface area contributed by atoms with Crippen LogP contribution in [0.4, 0.5) is 5.69 Å². The summed E-state index contributed by atoms with van der Waals surface area (Å²) in [6, 6.07) is 3.54. The molecule has 1 heterocycles. The van der Waals surface area contributed by atoms with Crippen molar-refractivity contribution < 1.29 is 18.3 Å². The number of carbonyl (C=O) groups is 1. The van der Waals surface area contributed by atoms with E-state index in [1.807, 2.05) is 0 Å². The number of H-pyrrole nitrogens is 1. The fourth-order valence-electron chi connectivity index (χ4n) is 1.46. The average molecular weight is 370 g/mol. The van der Waals surface area contributed by atoms with E-state index in [1.165, 1.54) is 12.1 Å². The number of benzene rings is 1. The predicted octanol–water partition coefficient (Wildman–Crippen LogP) is 3.47. The van der Waals surface area contributed by atoms with Gasteiger partial charge in [-0.2, -0.15) is 0 Å². The number of nitrogens with one attached hydrogen (secondary N) is 2. The molecule has 0 atom stereocenters. The molecule has 10 heteroatoms. The second-order valence-electron chi connectivity index (χ2n) is 3.91. The van der Waals surface area contributed by atoms with Gasteiger partial charge < -0.3 is 10.1 Å². The molecule has 0 bridgehead atoms. The van der Waals surface area contributed by atoms with Gasteiger partial charge in [0, 0.05) is 6.20 Å². The Morgan fingerprint density at radius 3 is 2.29 bits per heavy atom. The molecule has 0 aliphatic carbocycles. The van der Waals surface area contributed by atoms with Crippen LogP contribution in [0.5, 0.6) is 0 Å². The zero-order valence-electron chi connectivity index (χ0n) is 10.0. The van der Waals surface area contributed by atoms with Gasteiger partial charge in [0.25, 0.3) is 10.0 Å². The van der Waals surface area contributed by atoms with Crippen LogP contribution >= 0.6 is 34.8 Å². The maximum absolute atomic E-state index is 12.1. The van der Waals surface area contributed by atoms with Crippen LogP contribution in [0.1, 0.15) is 10.5 Å². The standard InChI is InChI=1S/C11H7Cl3N2O4S/c12-6-2-8(14)9(3-7(6)13)16-21(19,20)5-1-10(11(17)18)15-4-5/h1-4,15-16H,(H,17,18). The van der Waals surface area contributed by atoms with Crippen molar-refractivity contribution in [1.29, 1.82) is 0 Å². The third kappa shape index (κ3) is 3.44. The summed E-state index contributed by atoms with van der Waals surface area (Å²) in [4.78, 5) is 12.8. The Balaban J connectivity index is 2.37. The Hall–Kier alpha value is -1.41. The number of hydrogen-bond donors (Lipinski definition) is 3. The number of aromatic amines is 1. The summed E-state index contributed by atoms with van der Waals surface area (Å²) in [5, 5.41) is 9.13. The lowest BCUT2D eigenvalue weighted by Crippen LogP contribution is -2.12. The molecule has 6 nitrogen and oxygen atoms in total. The second kappa shape index (κ2) is 5.76. The van der Waals surface area contributed by atoms with Crippen molar-refractivity contribution >= 4 is 56.5 Å². The van der Waals surface area contributed by atoms with E-state index >= 15 is 0 Å². The van der Waals surface area contributed by atoms with Crippen LogP contribution in [0, 0.1) is 0 Å². The fourth-order valence-corrected chi connectivity index (χ4v) is 3.17. The Bertz CT molecular complexity index is 817. The van der Waals surface area contributed by atoms with Crippen molar-refractivity contribution in [2.45, 2.75) is 4.90 Å². The maximum atomic E-state index is 12.1. The molecule has 2 rings (SSSR count). The summed E-state index contributed by atoms with van der Waals surface area (Å²) in [6.45, 7) is 0. The molecule has 1 aromatic heterocycles. The predicted molar refractivity (Wildman–Crippen MR) is 80.0 cm³/mol. The Morgan fingerprint density at radius 2 is 1.71 bits per heavy atom. The Labute approximate surface area is 134 Å². The molecule has 112 valence electrons. The summed E-state index contributed by atoms with van der Waals surface area (Å²) in [5.74, 6) is -1.27. The molecule has 0 saturated heterocycles. The van der Waals surface area contributed by atoms with Gasteiger partial charge in [0.1, 0.15) is 10.6 Å². The van der Waals surface area contributed by atoms with Crippen molar-refractivity contribution in [3.63, 3.8) is 0 Å². The molecule has 0 amide bonds. The average Bonchev–Trinajstić information content (AvgIpc) is 2.86. The highest BCUT2D eigenvalue weighted by Crippen LogP contribution is 2.33. The topological polar surface area (TPSA) is 99.3 Å². The van der Waals surface area contributed by atoms with Crippen LogP contribution in [0.2, 0.25) is 15.1 Å². The van der Waals surface area contributed by atoms with Crippen molar-refractivity contribution in [3.05, 3.63) is 45.2 Å². The molecule has 1 aromatic carbocycles. The van der Waals surface area contributed by atoms with E-state index in [0.717, 1.165) is 12.3 Å². The van der Waals surface area contributed by atoms with E-state index in [9.17, 15) is 13.2 Å². The lowest BCUT2D eigenvalue weighted by Gasteiger charge is -2.09. The third-order valence-electron chi connectivity index (χ3n) is 2.45. The van der Waals surface area contributed by atoms with Gasteiger partial charge in [0.05, 0.1) is 20.8 Å². The van der Waals surface area contributed by atoms with Gasteiger partial charge in [-0.05, 0) is 18.2 Å². The summed E-state index contributed by atoms with van der Waals surface area (Å²) in [6.07, 6.45) is 1.05. The van der Waals surface area contributed by atoms with E-state index in [1.54, 1.807) is 0 Å². The monoisotopic (exact) mass is 368 g/mol. The van der Waals surface area contributed by atoms with Crippen molar-refractivity contribution in [1.82, 2.24) is 4.98 Å². The van der Waals surface area contributed by atoms with E-state index in [2.05, 4.69) is 9.71 Å². The van der Waals surface area contributed by atoms with Gasteiger partial charge in [0.15, 0.2) is 0 Å². The first-order chi connectivity index (χ1) is 9.70. The number of rotatable bonds is 4. The molecular formula is C11H7Cl3N2O4S. The van der Waals surface area contributed by atoms with Crippen molar-refractivity contribution in [3.8, 4) is 0 Å². The van der Waals surface area contributed by atoms with Gasteiger partial charge in [-0.3, -0.25) is 4.72 Å². The normalized spacial score (nSPS) is 11.4. The smallest absolute Gasteiger partial charge is 0.352 e. The maximum Gasteiger partial charge on any atom is 0.352 e. The van der Waals surface area contributed by atoms with Crippen molar-refractivity contribution in [2.75, 3.05) is 4.72 Å². The van der Waals surface area contributed by atoms with E-state index < -0.39 is 16.0 Å². The van der Waals surface area contributed by atoms with Crippen LogP contribution in [-0.2, 0) is 10.0 Å². The van der Waals surface area contributed by atoms with Crippen LogP contribution in [0.15, 0.2) is 29.3 Å². The highest BCUT2D eigenvalue weighted by atomic mass is 35.5. The van der Waals surface area contributed by atoms with Crippen molar-refractivity contribution in [2.24, 2.45) is 0 Å². The highest BCUT2D eigenvalue weighted by Gasteiger charge is 2.20. The molecule has 2 aromatic rings.